The van der Waals surface area contributed by atoms with Crippen LogP contribution < -0.4 is 0 Å². The van der Waals surface area contributed by atoms with Crippen molar-refractivity contribution in [1.29, 1.82) is 0 Å². The number of hydrogen-bond acceptors (Lipinski definition) is 6. The molecule has 0 aromatic heterocycles. The average Bonchev–Trinajstić information content (AvgIpc) is 3.04. The summed E-state index contributed by atoms with van der Waals surface area (Å²) in [6.45, 7) is 14.1. The lowest BCUT2D eigenvalue weighted by atomic mass is 9.35. The fraction of sp³-hybridized carbons (Fsp3) is 0.931. The van der Waals surface area contributed by atoms with Crippen molar-refractivity contribution in [1.82, 2.24) is 4.90 Å². The molecule has 6 heteroatoms. The smallest absolute Gasteiger partial charge is 0.313 e. The molecule has 5 saturated heterocycles. The Labute approximate surface area is 209 Å². The van der Waals surface area contributed by atoms with Crippen molar-refractivity contribution in [2.75, 3.05) is 6.54 Å². The van der Waals surface area contributed by atoms with E-state index in [0.29, 0.717) is 12.3 Å². The Bertz CT molecular complexity index is 984. The van der Waals surface area contributed by atoms with Crippen LogP contribution in [0, 0.1) is 58.2 Å². The summed E-state index contributed by atoms with van der Waals surface area (Å²) in [5, 5.41) is 10.8. The minimum atomic E-state index is -0.812. The molecule has 3 unspecified atom stereocenters. The van der Waals surface area contributed by atoms with E-state index < -0.39 is 10.8 Å². The van der Waals surface area contributed by atoms with Gasteiger partial charge >= 0.3 is 5.97 Å². The number of ether oxygens (including phenoxy) is 2. The van der Waals surface area contributed by atoms with Gasteiger partial charge in [0.2, 0.25) is 0 Å². The highest BCUT2D eigenvalue weighted by Gasteiger charge is 2.80. The molecule has 0 aromatic carbocycles. The van der Waals surface area contributed by atoms with Crippen LogP contribution in [0.5, 0.6) is 0 Å². The van der Waals surface area contributed by atoms with E-state index in [9.17, 15) is 14.7 Å². The van der Waals surface area contributed by atoms with E-state index in [4.69, 9.17) is 9.47 Å². The predicted molar refractivity (Wildman–Crippen MR) is 129 cm³/mol. The molecule has 5 heterocycles. The number of Topliss-reactive ketones (excluding diaryl/α,β-unsaturated/α-hetero) is 1. The molecule has 194 valence electrons. The van der Waals surface area contributed by atoms with E-state index in [1.165, 1.54) is 0 Å². The zero-order valence-electron chi connectivity index (χ0n) is 22.2. The minimum Gasteiger partial charge on any atom is -0.460 e. The minimum absolute atomic E-state index is 0.0991. The van der Waals surface area contributed by atoms with Crippen molar-refractivity contribution >= 4 is 11.8 Å². The number of rotatable bonds is 0. The van der Waals surface area contributed by atoms with Gasteiger partial charge in [-0.05, 0) is 74.5 Å². The monoisotopic (exact) mass is 485 g/mol. The molecule has 0 radical (unpaired) electrons. The number of piperidine rings is 1. The van der Waals surface area contributed by atoms with Gasteiger partial charge in [0.15, 0.2) is 0 Å². The van der Waals surface area contributed by atoms with Crippen LogP contribution in [0.3, 0.4) is 0 Å². The first-order chi connectivity index (χ1) is 16.4. The van der Waals surface area contributed by atoms with Gasteiger partial charge in [0.05, 0.1) is 23.7 Å². The summed E-state index contributed by atoms with van der Waals surface area (Å²) >= 11 is 0. The molecule has 4 bridgehead atoms. The molecule has 0 amide bonds. The van der Waals surface area contributed by atoms with Crippen LogP contribution in [-0.4, -0.2) is 58.4 Å². The Morgan fingerprint density at radius 3 is 2.49 bits per heavy atom. The normalized spacial score (nSPS) is 63.1. The van der Waals surface area contributed by atoms with Crippen molar-refractivity contribution in [3.8, 4) is 0 Å². The molecule has 1 N–H and O–H groups in total. The lowest BCUT2D eigenvalue weighted by Crippen LogP contribution is -2.82. The number of esters is 1. The second-order valence-electron chi connectivity index (χ2n) is 14.5. The zero-order chi connectivity index (χ0) is 24.8. The Kier molecular flexibility index (Phi) is 4.57. The number of nitrogens with zero attached hydrogens (tertiary/aromatic N) is 1. The number of ketones is 1. The summed E-state index contributed by atoms with van der Waals surface area (Å²) in [5.74, 6) is 1.32. The summed E-state index contributed by atoms with van der Waals surface area (Å²) in [7, 11) is 0. The predicted octanol–water partition coefficient (Wildman–Crippen LogP) is 3.65. The van der Waals surface area contributed by atoms with Gasteiger partial charge in [0.25, 0.3) is 0 Å². The molecule has 3 aliphatic carbocycles. The fourth-order valence-electron chi connectivity index (χ4n) is 11.5. The number of aliphatic hydroxyl groups is 1. The molecular formula is C29H43NO5. The quantitative estimate of drug-likeness (QED) is 0.528. The van der Waals surface area contributed by atoms with Crippen LogP contribution in [0.1, 0.15) is 73.6 Å². The summed E-state index contributed by atoms with van der Waals surface area (Å²) in [6, 6.07) is 0.0991. The Morgan fingerprint density at radius 1 is 1.00 bits per heavy atom. The first-order valence-corrected chi connectivity index (χ1v) is 14.3. The van der Waals surface area contributed by atoms with E-state index in [-0.39, 0.29) is 83.3 Å². The molecule has 35 heavy (non-hydrogen) atoms. The molecule has 8 fully saturated rings. The standard InChI is InChI=1S/C29H43NO5/c1-13-7-17-12-30-22-21(15(3)11-29(30,10-13)35-17)28(6)24-23(32)16(4)18-9-20(31)14(2)8-19(18)27(24,5)25(22)34-26(28)33/h13-22,24-25,31H,7-12H2,1-6H3/t13-,14+,15-,16+,17+,18-,19+,20?,21?,22?,24-,25-,27-,28+,29+/m0/s1. The average molecular weight is 486 g/mol. The highest BCUT2D eigenvalue weighted by molar-refractivity contribution is 5.94. The lowest BCUT2D eigenvalue weighted by molar-refractivity contribution is -0.317. The first kappa shape index (κ1) is 23.2. The van der Waals surface area contributed by atoms with Crippen LogP contribution in [0.2, 0.25) is 0 Å². The third kappa shape index (κ3) is 2.53. The summed E-state index contributed by atoms with van der Waals surface area (Å²) in [4.78, 5) is 30.7. The molecular weight excluding hydrogens is 442 g/mol. The molecule has 3 saturated carbocycles. The van der Waals surface area contributed by atoms with Gasteiger partial charge in [-0.3, -0.25) is 14.5 Å². The van der Waals surface area contributed by atoms with Gasteiger partial charge in [0, 0.05) is 23.8 Å². The SMILES string of the molecule is C[C@H]1C[C@@H]2CN3C4C([C@@H](C)C[C@@]3(C1)O2)[C@@]1(C)C(=O)O[C@@H]4[C@@]2(C)[C@@H]3C[C@@H](C)C(O)C[C@H]3[C@@H](C)C(=O)[C@@H]21. The van der Waals surface area contributed by atoms with Crippen LogP contribution in [0.4, 0.5) is 0 Å². The highest BCUT2D eigenvalue weighted by Crippen LogP contribution is 2.72. The van der Waals surface area contributed by atoms with E-state index >= 15 is 0 Å². The third-order valence-corrected chi connectivity index (χ3v) is 12.6. The molecule has 0 aromatic rings. The second kappa shape index (κ2) is 6.91. The largest absolute Gasteiger partial charge is 0.460 e. The Balaban J connectivity index is 1.40. The van der Waals surface area contributed by atoms with Crippen LogP contribution in [0.15, 0.2) is 0 Å². The maximum Gasteiger partial charge on any atom is 0.313 e. The number of carbonyl (C=O) groups is 2. The maximum atomic E-state index is 14.3. The Hall–Kier alpha value is -0.980. The molecule has 8 aliphatic rings. The summed E-state index contributed by atoms with van der Waals surface area (Å²) < 4.78 is 13.3. The van der Waals surface area contributed by atoms with Gasteiger partial charge in [-0.1, -0.05) is 34.6 Å². The van der Waals surface area contributed by atoms with Crippen molar-refractivity contribution in [3.05, 3.63) is 0 Å². The molecule has 15 atom stereocenters. The highest BCUT2D eigenvalue weighted by atomic mass is 16.6. The second-order valence-corrected chi connectivity index (χ2v) is 14.5. The van der Waals surface area contributed by atoms with Crippen LogP contribution in [-0.2, 0) is 19.1 Å². The zero-order valence-corrected chi connectivity index (χ0v) is 22.2. The van der Waals surface area contributed by atoms with Gasteiger partial charge in [-0.15, -0.1) is 0 Å². The van der Waals surface area contributed by atoms with Crippen molar-refractivity contribution in [2.24, 2.45) is 58.2 Å². The number of carbonyl (C=O) groups excluding carboxylic acids is 2. The van der Waals surface area contributed by atoms with Crippen molar-refractivity contribution in [3.63, 3.8) is 0 Å². The number of aliphatic hydroxyl groups excluding tert-OH is 1. The molecule has 8 rings (SSSR count). The van der Waals surface area contributed by atoms with E-state index in [1.54, 1.807) is 0 Å². The fourth-order valence-corrected chi connectivity index (χ4v) is 11.5. The van der Waals surface area contributed by atoms with Gasteiger partial charge in [-0.2, -0.15) is 0 Å². The van der Waals surface area contributed by atoms with E-state index in [0.717, 1.165) is 32.2 Å². The summed E-state index contributed by atoms with van der Waals surface area (Å²) in [5.41, 5.74) is -1.48. The van der Waals surface area contributed by atoms with Gasteiger partial charge in [0.1, 0.15) is 17.6 Å². The van der Waals surface area contributed by atoms with Crippen molar-refractivity contribution in [2.45, 2.75) is 104 Å². The third-order valence-electron chi connectivity index (χ3n) is 12.6. The summed E-state index contributed by atoms with van der Waals surface area (Å²) in [6.07, 6.45) is 4.26. The Morgan fingerprint density at radius 2 is 1.74 bits per heavy atom. The van der Waals surface area contributed by atoms with Crippen LogP contribution >= 0.6 is 0 Å². The molecule has 6 nitrogen and oxygen atoms in total. The molecule has 1 spiro atoms. The number of fused-ring (bicyclic) bond motifs is 3. The van der Waals surface area contributed by atoms with Crippen LogP contribution in [0.25, 0.3) is 0 Å². The van der Waals surface area contributed by atoms with Crippen molar-refractivity contribution < 1.29 is 24.2 Å². The molecule has 5 aliphatic heterocycles. The number of hydrogen-bond donors (Lipinski definition) is 1. The van der Waals surface area contributed by atoms with E-state index in [1.807, 2.05) is 0 Å². The topological polar surface area (TPSA) is 76.1 Å². The van der Waals surface area contributed by atoms with E-state index in [2.05, 4.69) is 46.4 Å². The first-order valence-electron chi connectivity index (χ1n) is 14.3. The lowest BCUT2D eigenvalue weighted by Gasteiger charge is -2.73. The van der Waals surface area contributed by atoms with Gasteiger partial charge < -0.3 is 14.6 Å². The maximum absolute atomic E-state index is 14.3. The van der Waals surface area contributed by atoms with Gasteiger partial charge in [-0.25, -0.2) is 0 Å².